The maximum absolute atomic E-state index is 12.4. The molecule has 0 saturated carbocycles. The monoisotopic (exact) mass is 288 g/mol. The van der Waals surface area contributed by atoms with Gasteiger partial charge in [0.15, 0.2) is 0 Å². The molecule has 1 aromatic rings. The molecule has 2 N–H and O–H groups in total. The van der Waals surface area contributed by atoms with Crippen molar-refractivity contribution in [2.75, 3.05) is 27.2 Å². The Kier molecular flexibility index (Phi) is 6.44. The lowest BCUT2D eigenvalue weighted by Crippen LogP contribution is -2.29. The minimum absolute atomic E-state index is 0.146. The number of nitrogens with zero attached hydrogens (tertiary/aromatic N) is 1. The van der Waals surface area contributed by atoms with Crippen molar-refractivity contribution in [1.82, 2.24) is 4.90 Å². The first kappa shape index (κ1) is 16.7. The molecular weight excluding hydrogens is 268 g/mol. The predicted octanol–water partition coefficient (Wildman–Crippen LogP) is 0.940. The zero-order chi connectivity index (χ0) is 15.8. The highest BCUT2D eigenvalue weighted by molar-refractivity contribution is 5.96. The first-order valence-electron chi connectivity index (χ1n) is 6.61. The topological polar surface area (TPSA) is 72.6 Å². The molecule has 0 saturated heterocycles. The molecule has 0 aliphatic carbocycles. The maximum atomic E-state index is 12.4. The normalized spacial score (nSPS) is 9.52. The highest BCUT2D eigenvalue weighted by atomic mass is 16.5. The fraction of sp³-hybridized carbons (Fsp3) is 0.375. The van der Waals surface area contributed by atoms with Gasteiger partial charge in [-0.15, -0.1) is 0 Å². The standard InChI is InChI=1S/C16H20N2O3/c1-12-6-7-13(5-4-9-17)11-14(12)16(20)18(2)10-8-15(19)21-3/h6-7,11H,8-10,17H2,1-3H3. The van der Waals surface area contributed by atoms with Gasteiger partial charge in [0.05, 0.1) is 20.1 Å². The number of aryl methyl sites for hydroxylation is 1. The van der Waals surface area contributed by atoms with E-state index < -0.39 is 0 Å². The second kappa shape index (κ2) is 8.08. The molecule has 1 rings (SSSR count). The summed E-state index contributed by atoms with van der Waals surface area (Å²) in [7, 11) is 2.98. The highest BCUT2D eigenvalue weighted by Crippen LogP contribution is 2.13. The predicted molar refractivity (Wildman–Crippen MR) is 80.7 cm³/mol. The number of ether oxygens (including phenoxy) is 1. The second-order valence-corrected chi connectivity index (χ2v) is 4.59. The van der Waals surface area contributed by atoms with E-state index in [4.69, 9.17) is 5.73 Å². The molecule has 1 aromatic carbocycles. The van der Waals surface area contributed by atoms with Crippen LogP contribution in [0.15, 0.2) is 18.2 Å². The quantitative estimate of drug-likeness (QED) is 0.661. The molecule has 0 aliphatic rings. The molecule has 0 unspecified atom stereocenters. The van der Waals surface area contributed by atoms with Gasteiger partial charge in [0.25, 0.3) is 5.91 Å². The molecule has 0 fully saturated rings. The molecule has 0 radical (unpaired) electrons. The number of hydrogen-bond donors (Lipinski definition) is 1. The highest BCUT2D eigenvalue weighted by Gasteiger charge is 2.15. The van der Waals surface area contributed by atoms with Gasteiger partial charge < -0.3 is 15.4 Å². The van der Waals surface area contributed by atoms with E-state index in [-0.39, 0.29) is 24.8 Å². The molecular formula is C16H20N2O3. The van der Waals surface area contributed by atoms with E-state index >= 15 is 0 Å². The van der Waals surface area contributed by atoms with Gasteiger partial charge in [-0.2, -0.15) is 0 Å². The van der Waals surface area contributed by atoms with Crippen molar-refractivity contribution in [3.63, 3.8) is 0 Å². The van der Waals surface area contributed by atoms with Gasteiger partial charge >= 0.3 is 5.97 Å². The molecule has 112 valence electrons. The van der Waals surface area contributed by atoms with Crippen LogP contribution in [0.25, 0.3) is 0 Å². The Morgan fingerprint density at radius 2 is 2.10 bits per heavy atom. The van der Waals surface area contributed by atoms with Crippen molar-refractivity contribution in [2.24, 2.45) is 5.73 Å². The van der Waals surface area contributed by atoms with Crippen molar-refractivity contribution in [3.8, 4) is 11.8 Å². The van der Waals surface area contributed by atoms with E-state index in [1.54, 1.807) is 13.1 Å². The number of benzene rings is 1. The van der Waals surface area contributed by atoms with Crippen molar-refractivity contribution in [2.45, 2.75) is 13.3 Å². The van der Waals surface area contributed by atoms with Gasteiger partial charge in [0.2, 0.25) is 0 Å². The molecule has 21 heavy (non-hydrogen) atoms. The third-order valence-corrected chi connectivity index (χ3v) is 3.03. The Morgan fingerprint density at radius 3 is 2.71 bits per heavy atom. The molecule has 0 aliphatic heterocycles. The summed E-state index contributed by atoms with van der Waals surface area (Å²) >= 11 is 0. The zero-order valence-electron chi connectivity index (χ0n) is 12.6. The molecule has 0 aromatic heterocycles. The van der Waals surface area contributed by atoms with E-state index in [9.17, 15) is 9.59 Å². The molecule has 5 heteroatoms. The molecule has 5 nitrogen and oxygen atoms in total. The molecule has 0 heterocycles. The average molecular weight is 288 g/mol. The van der Waals surface area contributed by atoms with Gasteiger partial charge in [-0.25, -0.2) is 0 Å². The average Bonchev–Trinajstić information content (AvgIpc) is 2.50. The Bertz CT molecular complexity index is 585. The van der Waals surface area contributed by atoms with Crippen LogP contribution in [0.1, 0.15) is 27.9 Å². The van der Waals surface area contributed by atoms with Crippen LogP contribution in [-0.4, -0.2) is 44.0 Å². The second-order valence-electron chi connectivity index (χ2n) is 4.59. The maximum Gasteiger partial charge on any atom is 0.307 e. The molecule has 1 amide bonds. The summed E-state index contributed by atoms with van der Waals surface area (Å²) in [4.78, 5) is 25.0. The van der Waals surface area contributed by atoms with Crippen molar-refractivity contribution in [3.05, 3.63) is 34.9 Å². The first-order chi connectivity index (χ1) is 9.99. The minimum Gasteiger partial charge on any atom is -0.469 e. The third-order valence-electron chi connectivity index (χ3n) is 3.03. The number of carbonyl (C=O) groups excluding carboxylic acids is 2. The summed E-state index contributed by atoms with van der Waals surface area (Å²) in [5.41, 5.74) is 7.53. The van der Waals surface area contributed by atoms with Gasteiger partial charge in [-0.3, -0.25) is 9.59 Å². The summed E-state index contributed by atoms with van der Waals surface area (Å²) in [6, 6.07) is 5.44. The zero-order valence-corrected chi connectivity index (χ0v) is 12.6. The summed E-state index contributed by atoms with van der Waals surface area (Å²) in [6.07, 6.45) is 0.171. The van der Waals surface area contributed by atoms with Gasteiger partial charge in [0, 0.05) is 24.7 Å². The number of rotatable bonds is 4. The molecule has 0 atom stereocenters. The van der Waals surface area contributed by atoms with Crippen LogP contribution in [0.5, 0.6) is 0 Å². The van der Waals surface area contributed by atoms with E-state index in [0.29, 0.717) is 12.1 Å². The largest absolute Gasteiger partial charge is 0.469 e. The number of carbonyl (C=O) groups is 2. The van der Waals surface area contributed by atoms with Crippen LogP contribution >= 0.6 is 0 Å². The molecule has 0 bridgehead atoms. The lowest BCUT2D eigenvalue weighted by atomic mass is 10.0. The van der Waals surface area contributed by atoms with E-state index in [0.717, 1.165) is 11.1 Å². The van der Waals surface area contributed by atoms with Crippen molar-refractivity contribution >= 4 is 11.9 Å². The number of esters is 1. The Morgan fingerprint density at radius 1 is 1.38 bits per heavy atom. The van der Waals surface area contributed by atoms with E-state index in [2.05, 4.69) is 16.6 Å². The van der Waals surface area contributed by atoms with Crippen LogP contribution in [0, 0.1) is 18.8 Å². The van der Waals surface area contributed by atoms with Crippen LogP contribution in [-0.2, 0) is 9.53 Å². The lowest BCUT2D eigenvalue weighted by molar-refractivity contribution is -0.140. The van der Waals surface area contributed by atoms with E-state index in [1.807, 2.05) is 19.1 Å². The van der Waals surface area contributed by atoms with Crippen LogP contribution in [0.3, 0.4) is 0 Å². The Labute approximate surface area is 125 Å². The van der Waals surface area contributed by atoms with E-state index in [1.165, 1.54) is 12.0 Å². The fourth-order valence-electron chi connectivity index (χ4n) is 1.75. The third kappa shape index (κ3) is 4.93. The van der Waals surface area contributed by atoms with Gasteiger partial charge in [0.1, 0.15) is 0 Å². The van der Waals surface area contributed by atoms with Crippen LogP contribution in [0.4, 0.5) is 0 Å². The Balaban J connectivity index is 2.87. The summed E-state index contributed by atoms with van der Waals surface area (Å²) in [5.74, 6) is 5.18. The van der Waals surface area contributed by atoms with Crippen molar-refractivity contribution < 1.29 is 14.3 Å². The number of amides is 1. The molecule has 0 spiro atoms. The summed E-state index contributed by atoms with van der Waals surface area (Å²) in [5, 5.41) is 0. The first-order valence-corrected chi connectivity index (χ1v) is 6.61. The van der Waals surface area contributed by atoms with Crippen LogP contribution in [0.2, 0.25) is 0 Å². The Hall–Kier alpha value is -2.32. The summed E-state index contributed by atoms with van der Waals surface area (Å²) in [6.45, 7) is 2.45. The lowest BCUT2D eigenvalue weighted by Gasteiger charge is -2.18. The number of methoxy groups -OCH3 is 1. The summed E-state index contributed by atoms with van der Waals surface area (Å²) < 4.78 is 4.57. The van der Waals surface area contributed by atoms with Crippen molar-refractivity contribution in [1.29, 1.82) is 0 Å². The van der Waals surface area contributed by atoms with Crippen LogP contribution < -0.4 is 5.73 Å². The minimum atomic E-state index is -0.339. The number of hydrogen-bond acceptors (Lipinski definition) is 4. The van der Waals surface area contributed by atoms with Gasteiger partial charge in [-0.1, -0.05) is 17.9 Å². The SMILES string of the molecule is COC(=O)CCN(C)C(=O)c1cc(C#CCN)ccc1C. The van der Waals surface area contributed by atoms with Gasteiger partial charge in [-0.05, 0) is 24.6 Å². The number of nitrogens with two attached hydrogens (primary N) is 1. The smallest absolute Gasteiger partial charge is 0.307 e. The fourth-order valence-corrected chi connectivity index (χ4v) is 1.75.